The van der Waals surface area contributed by atoms with Gasteiger partial charge in [-0.25, -0.2) is 4.79 Å². The molecule has 3 rings (SSSR count). The topological polar surface area (TPSA) is 50.2 Å². The van der Waals surface area contributed by atoms with E-state index in [-0.39, 0.29) is 12.1 Å². The summed E-state index contributed by atoms with van der Waals surface area (Å²) in [5, 5.41) is 7.08. The van der Waals surface area contributed by atoms with Crippen molar-refractivity contribution in [3.05, 3.63) is 53.3 Å². The van der Waals surface area contributed by atoms with Gasteiger partial charge in [0, 0.05) is 26.3 Å². The van der Waals surface area contributed by atoms with Crippen molar-refractivity contribution in [3.8, 4) is 0 Å². The van der Waals surface area contributed by atoms with Crippen LogP contribution >= 0.6 is 0 Å². The van der Waals surface area contributed by atoms with Crippen LogP contribution in [-0.2, 0) is 26.4 Å². The quantitative estimate of drug-likeness (QED) is 0.943. The first-order valence-electron chi connectivity index (χ1n) is 7.69. The number of nitrogens with zero attached hydrogens (tertiary/aromatic N) is 3. The lowest BCUT2D eigenvalue weighted by molar-refractivity contribution is 0.183. The van der Waals surface area contributed by atoms with E-state index in [1.807, 2.05) is 25.1 Å². The zero-order valence-electron chi connectivity index (χ0n) is 13.1. The van der Waals surface area contributed by atoms with Crippen LogP contribution in [0.15, 0.2) is 36.5 Å². The number of rotatable bonds is 3. The molecule has 0 aliphatic heterocycles. The smallest absolute Gasteiger partial charge is 0.317 e. The summed E-state index contributed by atoms with van der Waals surface area (Å²) in [4.78, 5) is 14.2. The van der Waals surface area contributed by atoms with E-state index in [9.17, 15) is 4.79 Å². The minimum Gasteiger partial charge on any atom is -0.332 e. The Labute approximate surface area is 130 Å². The largest absolute Gasteiger partial charge is 0.332 e. The van der Waals surface area contributed by atoms with Crippen molar-refractivity contribution in [1.82, 2.24) is 20.0 Å². The van der Waals surface area contributed by atoms with E-state index in [0.29, 0.717) is 6.54 Å². The summed E-state index contributed by atoms with van der Waals surface area (Å²) in [6, 6.07) is 10.7. The molecule has 1 N–H and O–H groups in total. The minimum atomic E-state index is -0.0226. The molecule has 1 aliphatic rings. The molecule has 1 atom stereocenters. The standard InChI is InChI=1S/C17H22N4O/c1-20(17(22)18-12-16-9-10-19-21(16)2)15-8-7-13-5-3-4-6-14(13)11-15/h3-6,9-10,15H,7-8,11-12H2,1-2H3,(H,18,22). The highest BCUT2D eigenvalue weighted by molar-refractivity contribution is 5.74. The van der Waals surface area contributed by atoms with Crippen LogP contribution in [0.1, 0.15) is 23.2 Å². The van der Waals surface area contributed by atoms with Gasteiger partial charge >= 0.3 is 6.03 Å². The van der Waals surface area contributed by atoms with Gasteiger partial charge in [0.15, 0.2) is 0 Å². The first kappa shape index (κ1) is 14.6. The van der Waals surface area contributed by atoms with Crippen molar-refractivity contribution in [2.24, 2.45) is 7.05 Å². The fraction of sp³-hybridized carbons (Fsp3) is 0.412. The number of aryl methyl sites for hydroxylation is 2. The molecule has 0 saturated heterocycles. The Morgan fingerprint density at radius 1 is 1.36 bits per heavy atom. The number of likely N-dealkylation sites (N-methyl/N-ethyl adjacent to an activating group) is 1. The molecule has 1 heterocycles. The number of nitrogens with one attached hydrogen (secondary N) is 1. The summed E-state index contributed by atoms with van der Waals surface area (Å²) in [5.41, 5.74) is 3.78. The number of aromatic nitrogens is 2. The Morgan fingerprint density at radius 3 is 2.86 bits per heavy atom. The maximum atomic E-state index is 12.3. The van der Waals surface area contributed by atoms with Crippen molar-refractivity contribution in [1.29, 1.82) is 0 Å². The average Bonchev–Trinajstić information content (AvgIpc) is 2.96. The number of carbonyl (C=O) groups is 1. The van der Waals surface area contributed by atoms with Gasteiger partial charge in [-0.1, -0.05) is 24.3 Å². The summed E-state index contributed by atoms with van der Waals surface area (Å²) >= 11 is 0. The minimum absolute atomic E-state index is 0.0226. The van der Waals surface area contributed by atoms with Crippen LogP contribution in [0.3, 0.4) is 0 Å². The highest BCUT2D eigenvalue weighted by Gasteiger charge is 2.24. The molecular formula is C17H22N4O. The Hall–Kier alpha value is -2.30. The van der Waals surface area contributed by atoms with Crippen LogP contribution in [0.4, 0.5) is 4.79 Å². The number of hydrogen-bond acceptors (Lipinski definition) is 2. The molecule has 0 saturated carbocycles. The summed E-state index contributed by atoms with van der Waals surface area (Å²) in [6.07, 6.45) is 4.74. The van der Waals surface area contributed by atoms with Crippen LogP contribution in [-0.4, -0.2) is 33.8 Å². The van der Waals surface area contributed by atoms with Crippen molar-refractivity contribution in [2.45, 2.75) is 31.8 Å². The molecule has 5 nitrogen and oxygen atoms in total. The summed E-state index contributed by atoms with van der Waals surface area (Å²) in [6.45, 7) is 0.503. The van der Waals surface area contributed by atoms with Crippen LogP contribution in [0.25, 0.3) is 0 Å². The maximum absolute atomic E-state index is 12.3. The number of fused-ring (bicyclic) bond motifs is 1. The SMILES string of the molecule is CN(C(=O)NCc1ccnn1C)C1CCc2ccccc2C1. The number of hydrogen-bond donors (Lipinski definition) is 1. The molecule has 1 aromatic heterocycles. The van der Waals surface area contributed by atoms with E-state index in [4.69, 9.17) is 0 Å². The first-order valence-corrected chi connectivity index (χ1v) is 7.69. The van der Waals surface area contributed by atoms with Gasteiger partial charge in [0.2, 0.25) is 0 Å². The number of amides is 2. The molecule has 5 heteroatoms. The molecule has 22 heavy (non-hydrogen) atoms. The second-order valence-corrected chi connectivity index (χ2v) is 5.88. The molecule has 0 radical (unpaired) electrons. The lowest BCUT2D eigenvalue weighted by atomic mass is 9.88. The van der Waals surface area contributed by atoms with Gasteiger partial charge in [-0.2, -0.15) is 5.10 Å². The number of benzene rings is 1. The van der Waals surface area contributed by atoms with E-state index in [2.05, 4.69) is 34.7 Å². The van der Waals surface area contributed by atoms with Gasteiger partial charge in [0.05, 0.1) is 12.2 Å². The molecule has 1 unspecified atom stereocenters. The van der Waals surface area contributed by atoms with Crippen molar-refractivity contribution in [3.63, 3.8) is 0 Å². The van der Waals surface area contributed by atoms with E-state index in [1.165, 1.54) is 11.1 Å². The number of carbonyl (C=O) groups excluding carboxylic acids is 1. The molecule has 116 valence electrons. The zero-order valence-corrected chi connectivity index (χ0v) is 13.1. The zero-order chi connectivity index (χ0) is 15.5. The van der Waals surface area contributed by atoms with Crippen molar-refractivity contribution in [2.75, 3.05) is 7.05 Å². The normalized spacial score (nSPS) is 16.9. The van der Waals surface area contributed by atoms with Crippen molar-refractivity contribution < 1.29 is 4.79 Å². The second-order valence-electron chi connectivity index (χ2n) is 5.88. The van der Waals surface area contributed by atoms with Gasteiger partial charge in [0.1, 0.15) is 0 Å². The summed E-state index contributed by atoms with van der Waals surface area (Å²) < 4.78 is 1.77. The molecule has 2 aromatic rings. The third kappa shape index (κ3) is 2.98. The van der Waals surface area contributed by atoms with Crippen LogP contribution in [0, 0.1) is 0 Å². The molecule has 2 amide bonds. The Kier molecular flexibility index (Phi) is 4.13. The van der Waals surface area contributed by atoms with E-state index < -0.39 is 0 Å². The molecule has 0 bridgehead atoms. The molecule has 1 aromatic carbocycles. The number of urea groups is 1. The summed E-state index contributed by atoms with van der Waals surface area (Å²) in [5.74, 6) is 0. The van der Waals surface area contributed by atoms with E-state index >= 15 is 0 Å². The lowest BCUT2D eigenvalue weighted by Crippen LogP contribution is -2.45. The van der Waals surface area contributed by atoms with E-state index in [1.54, 1.807) is 10.9 Å². The van der Waals surface area contributed by atoms with Gasteiger partial charge in [-0.3, -0.25) is 4.68 Å². The van der Waals surface area contributed by atoms with E-state index in [0.717, 1.165) is 25.0 Å². The van der Waals surface area contributed by atoms with Crippen LogP contribution in [0.5, 0.6) is 0 Å². The Bertz CT molecular complexity index is 664. The van der Waals surface area contributed by atoms with Crippen LogP contribution < -0.4 is 5.32 Å². The van der Waals surface area contributed by atoms with Gasteiger partial charge in [-0.05, 0) is 36.5 Å². The fourth-order valence-electron chi connectivity index (χ4n) is 3.04. The summed E-state index contributed by atoms with van der Waals surface area (Å²) in [7, 11) is 3.76. The van der Waals surface area contributed by atoms with Gasteiger partial charge < -0.3 is 10.2 Å². The molecule has 0 spiro atoms. The predicted octanol–water partition coefficient (Wildman–Crippen LogP) is 2.12. The van der Waals surface area contributed by atoms with Gasteiger partial charge in [0.25, 0.3) is 0 Å². The highest BCUT2D eigenvalue weighted by atomic mass is 16.2. The monoisotopic (exact) mass is 298 g/mol. The Morgan fingerprint density at radius 2 is 2.14 bits per heavy atom. The molecule has 0 fully saturated rings. The lowest BCUT2D eigenvalue weighted by Gasteiger charge is -2.32. The molecular weight excluding hydrogens is 276 g/mol. The van der Waals surface area contributed by atoms with Gasteiger partial charge in [-0.15, -0.1) is 0 Å². The highest BCUT2D eigenvalue weighted by Crippen LogP contribution is 2.23. The third-order valence-corrected chi connectivity index (χ3v) is 4.53. The first-order chi connectivity index (χ1) is 10.6. The molecule has 1 aliphatic carbocycles. The van der Waals surface area contributed by atoms with Crippen LogP contribution in [0.2, 0.25) is 0 Å². The van der Waals surface area contributed by atoms with Crippen molar-refractivity contribution >= 4 is 6.03 Å². The third-order valence-electron chi connectivity index (χ3n) is 4.53. The Balaban J connectivity index is 1.58. The second kappa shape index (κ2) is 6.22. The maximum Gasteiger partial charge on any atom is 0.317 e. The predicted molar refractivity (Wildman–Crippen MR) is 85.5 cm³/mol. The average molecular weight is 298 g/mol. The fourth-order valence-corrected chi connectivity index (χ4v) is 3.04.